The molecule has 0 spiro atoms. The number of carbonyl (C=O) groups is 1. The molecule has 1 amide bonds. The number of nitrogen functional groups attached to an aromatic ring is 1. The first-order valence-electron chi connectivity index (χ1n) is 9.04. The minimum Gasteiger partial charge on any atom is -0.369 e. The maximum atomic E-state index is 12.8. The van der Waals surface area contributed by atoms with Crippen LogP contribution in [0, 0.1) is 0 Å². The molecule has 3 rings (SSSR count). The Bertz CT molecular complexity index is 880. The van der Waals surface area contributed by atoms with Gasteiger partial charge in [0.15, 0.2) is 0 Å². The fourth-order valence-corrected chi connectivity index (χ4v) is 3.26. The van der Waals surface area contributed by atoms with Gasteiger partial charge < -0.3 is 10.6 Å². The zero-order chi connectivity index (χ0) is 19.8. The molecule has 1 fully saturated rings. The molecule has 0 aliphatic carbocycles. The second-order valence-electron chi connectivity index (χ2n) is 8.15. The zero-order valence-electron chi connectivity index (χ0n) is 16.2. The molecule has 0 bridgehead atoms. The lowest BCUT2D eigenvalue weighted by molar-refractivity contribution is 0.0773. The van der Waals surface area contributed by atoms with Crippen LogP contribution < -0.4 is 11.3 Å². The first kappa shape index (κ1) is 19.1. The van der Waals surface area contributed by atoms with Gasteiger partial charge in [-0.05, 0) is 19.5 Å². The molecule has 2 aromatic heterocycles. The quantitative estimate of drug-likeness (QED) is 0.725. The Hall–Kier alpha value is -2.68. The van der Waals surface area contributed by atoms with E-state index in [1.165, 1.54) is 6.07 Å². The Morgan fingerprint density at radius 2 is 2.15 bits per heavy atom. The number of aromatic amines is 2. The van der Waals surface area contributed by atoms with Crippen molar-refractivity contribution in [1.82, 2.24) is 30.0 Å². The number of likely N-dealkylation sites (tertiary alicyclic amines) is 1. The van der Waals surface area contributed by atoms with Crippen LogP contribution in [0.3, 0.4) is 0 Å². The molecule has 1 saturated heterocycles. The molecule has 2 aromatic rings. The van der Waals surface area contributed by atoms with Crippen LogP contribution in [0.2, 0.25) is 0 Å². The molecular formula is C18H27N7O2. The van der Waals surface area contributed by atoms with Gasteiger partial charge in [-0.3, -0.25) is 24.6 Å². The Morgan fingerprint density at radius 1 is 1.41 bits per heavy atom. The van der Waals surface area contributed by atoms with E-state index in [0.29, 0.717) is 31.0 Å². The van der Waals surface area contributed by atoms with Crippen molar-refractivity contribution in [3.63, 3.8) is 0 Å². The normalized spacial score (nSPS) is 17.7. The van der Waals surface area contributed by atoms with Gasteiger partial charge in [-0.2, -0.15) is 5.10 Å². The highest BCUT2D eigenvalue weighted by Gasteiger charge is 2.31. The van der Waals surface area contributed by atoms with Crippen molar-refractivity contribution in [3.8, 4) is 0 Å². The minimum atomic E-state index is -0.262. The highest BCUT2D eigenvalue weighted by atomic mass is 16.2. The summed E-state index contributed by atoms with van der Waals surface area (Å²) in [7, 11) is 1.96. The molecule has 1 aliphatic heterocycles. The summed E-state index contributed by atoms with van der Waals surface area (Å²) < 4.78 is 0. The van der Waals surface area contributed by atoms with E-state index in [2.05, 4.69) is 45.8 Å². The lowest BCUT2D eigenvalue weighted by atomic mass is 9.92. The second-order valence-corrected chi connectivity index (χ2v) is 8.15. The monoisotopic (exact) mass is 373 g/mol. The van der Waals surface area contributed by atoms with Crippen molar-refractivity contribution in [3.05, 3.63) is 39.6 Å². The number of nitrogens with two attached hydrogens (primary N) is 1. The van der Waals surface area contributed by atoms with Crippen LogP contribution in [0.4, 0.5) is 5.95 Å². The summed E-state index contributed by atoms with van der Waals surface area (Å²) in [5, 5.41) is 7.16. The van der Waals surface area contributed by atoms with Crippen LogP contribution in [-0.4, -0.2) is 62.1 Å². The van der Waals surface area contributed by atoms with Gasteiger partial charge in [0, 0.05) is 42.9 Å². The summed E-state index contributed by atoms with van der Waals surface area (Å²) in [4.78, 5) is 34.8. The van der Waals surface area contributed by atoms with Gasteiger partial charge in [-0.15, -0.1) is 0 Å². The van der Waals surface area contributed by atoms with E-state index in [9.17, 15) is 9.59 Å². The molecule has 3 heterocycles. The van der Waals surface area contributed by atoms with E-state index in [1.807, 2.05) is 18.0 Å². The van der Waals surface area contributed by atoms with Crippen LogP contribution in [0.25, 0.3) is 0 Å². The number of carbonyl (C=O) groups excluding carboxylic acids is 1. The van der Waals surface area contributed by atoms with Gasteiger partial charge in [-0.1, -0.05) is 20.8 Å². The van der Waals surface area contributed by atoms with E-state index in [-0.39, 0.29) is 28.9 Å². The Balaban J connectivity index is 1.63. The van der Waals surface area contributed by atoms with Crippen molar-refractivity contribution in [2.45, 2.75) is 45.2 Å². The first-order chi connectivity index (χ1) is 12.6. The fourth-order valence-electron chi connectivity index (χ4n) is 3.26. The Kier molecular flexibility index (Phi) is 5.05. The number of hydrogen-bond donors (Lipinski definition) is 3. The zero-order valence-corrected chi connectivity index (χ0v) is 16.2. The van der Waals surface area contributed by atoms with Gasteiger partial charge in [0.2, 0.25) is 5.95 Å². The number of aromatic nitrogens is 4. The Labute approximate surface area is 158 Å². The van der Waals surface area contributed by atoms with E-state index in [1.54, 1.807) is 0 Å². The standard InChI is InChI=1S/C18H27N7O2/c1-18(2,3)14-8-13(22-23-14)16(27)25-6-5-12(10-25)24(4)9-11-7-15(26)21-17(19)20-11/h7-8,12H,5-6,9-10H2,1-4H3,(H,22,23)(H3,19,20,21,26)/t12-/m1/s1. The van der Waals surface area contributed by atoms with Gasteiger partial charge in [-0.25, -0.2) is 4.98 Å². The maximum absolute atomic E-state index is 12.8. The SMILES string of the molecule is CN(Cc1cc(=O)[nH]c(N)n1)[C@@H]1CCN(C(=O)c2cc(C(C)(C)C)[nH]n2)C1. The smallest absolute Gasteiger partial charge is 0.274 e. The summed E-state index contributed by atoms with van der Waals surface area (Å²) in [6.07, 6.45) is 0.859. The third-order valence-corrected chi connectivity index (χ3v) is 4.90. The molecule has 0 aromatic carbocycles. The number of hydrogen-bond acceptors (Lipinski definition) is 6. The third kappa shape index (κ3) is 4.36. The van der Waals surface area contributed by atoms with E-state index in [0.717, 1.165) is 12.1 Å². The van der Waals surface area contributed by atoms with Crippen molar-refractivity contribution >= 4 is 11.9 Å². The fraction of sp³-hybridized carbons (Fsp3) is 0.556. The van der Waals surface area contributed by atoms with Gasteiger partial charge in [0.25, 0.3) is 11.5 Å². The molecule has 1 atom stereocenters. The summed E-state index contributed by atoms with van der Waals surface area (Å²) in [5.41, 5.74) is 7.26. The van der Waals surface area contributed by atoms with Crippen molar-refractivity contribution in [2.75, 3.05) is 25.9 Å². The molecule has 9 nitrogen and oxygen atoms in total. The van der Waals surface area contributed by atoms with Gasteiger partial charge >= 0.3 is 0 Å². The lowest BCUT2D eigenvalue weighted by Gasteiger charge is -2.24. The number of H-pyrrole nitrogens is 2. The van der Waals surface area contributed by atoms with E-state index < -0.39 is 0 Å². The topological polar surface area (TPSA) is 124 Å². The molecule has 4 N–H and O–H groups in total. The van der Waals surface area contributed by atoms with Crippen LogP contribution >= 0.6 is 0 Å². The lowest BCUT2D eigenvalue weighted by Crippen LogP contribution is -2.36. The minimum absolute atomic E-state index is 0.0591. The summed E-state index contributed by atoms with van der Waals surface area (Å²) in [5.74, 6) is 0.0542. The molecule has 27 heavy (non-hydrogen) atoms. The number of likely N-dealkylation sites (N-methyl/N-ethyl adjacent to an activating group) is 1. The second kappa shape index (κ2) is 7.15. The van der Waals surface area contributed by atoms with Crippen LogP contribution in [0.1, 0.15) is 49.1 Å². The molecule has 0 unspecified atom stereocenters. The molecule has 0 radical (unpaired) electrons. The van der Waals surface area contributed by atoms with Gasteiger partial charge in [0.05, 0.1) is 5.69 Å². The summed E-state index contributed by atoms with van der Waals surface area (Å²) in [6, 6.07) is 3.47. The molecule has 9 heteroatoms. The average molecular weight is 373 g/mol. The van der Waals surface area contributed by atoms with Gasteiger partial charge in [0.1, 0.15) is 5.69 Å². The predicted octanol–water partition coefficient (Wildman–Crippen LogP) is 0.719. The van der Waals surface area contributed by atoms with Crippen LogP contribution in [-0.2, 0) is 12.0 Å². The summed E-state index contributed by atoms with van der Waals surface area (Å²) in [6.45, 7) is 8.01. The molecular weight excluding hydrogens is 346 g/mol. The molecule has 0 saturated carbocycles. The highest BCUT2D eigenvalue weighted by molar-refractivity contribution is 5.92. The largest absolute Gasteiger partial charge is 0.369 e. The van der Waals surface area contributed by atoms with Crippen molar-refractivity contribution in [1.29, 1.82) is 0 Å². The summed E-state index contributed by atoms with van der Waals surface area (Å²) >= 11 is 0. The average Bonchev–Trinajstić information content (AvgIpc) is 3.22. The van der Waals surface area contributed by atoms with E-state index >= 15 is 0 Å². The number of nitrogens with one attached hydrogen (secondary N) is 2. The predicted molar refractivity (Wildman–Crippen MR) is 102 cm³/mol. The number of anilines is 1. The van der Waals surface area contributed by atoms with Crippen LogP contribution in [0.15, 0.2) is 16.9 Å². The number of rotatable bonds is 4. The van der Waals surface area contributed by atoms with Crippen molar-refractivity contribution < 1.29 is 4.79 Å². The number of nitrogens with zero attached hydrogens (tertiary/aromatic N) is 4. The third-order valence-electron chi connectivity index (χ3n) is 4.90. The van der Waals surface area contributed by atoms with E-state index in [4.69, 9.17) is 5.73 Å². The first-order valence-corrected chi connectivity index (χ1v) is 9.04. The number of amides is 1. The molecule has 1 aliphatic rings. The highest BCUT2D eigenvalue weighted by Crippen LogP contribution is 2.22. The van der Waals surface area contributed by atoms with Crippen molar-refractivity contribution in [2.24, 2.45) is 0 Å². The Morgan fingerprint density at radius 3 is 2.78 bits per heavy atom. The van der Waals surface area contributed by atoms with Crippen LogP contribution in [0.5, 0.6) is 0 Å². The molecule has 146 valence electrons. The maximum Gasteiger partial charge on any atom is 0.274 e.